The maximum Gasteiger partial charge on any atom is 0.392 e. The molecule has 2 aromatic carbocycles. The molecule has 0 radical (unpaired) electrons. The zero-order chi connectivity index (χ0) is 25.9. The Bertz CT molecular complexity index is 1050. The minimum absolute atomic E-state index is 0.150. The number of rotatable bonds is 9. The summed E-state index contributed by atoms with van der Waals surface area (Å²) in [5.74, 6) is -4.89. The van der Waals surface area contributed by atoms with Crippen LogP contribution in [0.3, 0.4) is 0 Å². The number of anilines is 1. The molecule has 4 atom stereocenters. The molecule has 1 aliphatic carbocycles. The van der Waals surface area contributed by atoms with Crippen LogP contribution in [0.25, 0.3) is 0 Å². The van der Waals surface area contributed by atoms with Gasteiger partial charge in [-0.2, -0.15) is 13.2 Å². The number of amides is 1. The lowest BCUT2D eigenvalue weighted by atomic mass is 9.83. The predicted octanol–water partition coefficient (Wildman–Crippen LogP) is 7.61. The number of carbonyl (C=O) groups is 2. The smallest absolute Gasteiger partial charge is 0.392 e. The van der Waals surface area contributed by atoms with Crippen molar-refractivity contribution in [2.24, 2.45) is 17.8 Å². The van der Waals surface area contributed by atoms with E-state index in [1.807, 2.05) is 0 Å². The van der Waals surface area contributed by atoms with Gasteiger partial charge in [-0.15, -0.1) is 0 Å². The summed E-state index contributed by atoms with van der Waals surface area (Å²) in [4.78, 5) is 25.6. The molecule has 0 unspecified atom stereocenters. The molecule has 3 rings (SSSR count). The Morgan fingerprint density at radius 2 is 1.66 bits per heavy atom. The van der Waals surface area contributed by atoms with Crippen LogP contribution in [0.5, 0.6) is 0 Å². The standard InChI is InChI=1S/C26H28Cl2F3NO3/c1-4-35-25(34)14(2)22(16-5-6-16)18-9-12-20(28)21(13-18)32-24(33)23(15(3)26(29,30)31)17-7-10-19(27)11-8-17/h7-16,22-23H,4-6H2,1-3H3,(H,32,33)/t14-,15-,22+,23+/m1/s1. The molecule has 35 heavy (non-hydrogen) atoms. The van der Waals surface area contributed by atoms with Crippen LogP contribution >= 0.6 is 23.2 Å². The van der Waals surface area contributed by atoms with Gasteiger partial charge < -0.3 is 10.1 Å². The number of ether oxygens (including phenoxy) is 1. The van der Waals surface area contributed by atoms with Gasteiger partial charge in [-0.1, -0.05) is 55.2 Å². The Balaban J connectivity index is 1.92. The highest BCUT2D eigenvalue weighted by Gasteiger charge is 2.45. The number of halogens is 5. The van der Waals surface area contributed by atoms with E-state index < -0.39 is 29.8 Å². The lowest BCUT2D eigenvalue weighted by Gasteiger charge is -2.27. The fourth-order valence-electron chi connectivity index (χ4n) is 4.43. The summed E-state index contributed by atoms with van der Waals surface area (Å²) in [5, 5.41) is 3.15. The molecule has 1 N–H and O–H groups in total. The van der Waals surface area contributed by atoms with Crippen molar-refractivity contribution in [3.05, 3.63) is 63.6 Å². The van der Waals surface area contributed by atoms with Gasteiger partial charge in [-0.05, 0) is 67.0 Å². The molecule has 0 bridgehead atoms. The van der Waals surface area contributed by atoms with E-state index in [1.165, 1.54) is 24.3 Å². The Morgan fingerprint density at radius 1 is 1.06 bits per heavy atom. The topological polar surface area (TPSA) is 55.4 Å². The summed E-state index contributed by atoms with van der Waals surface area (Å²) < 4.78 is 46.2. The zero-order valence-corrected chi connectivity index (χ0v) is 21.2. The van der Waals surface area contributed by atoms with Gasteiger partial charge in [0, 0.05) is 5.02 Å². The second kappa shape index (κ2) is 11.2. The van der Waals surface area contributed by atoms with Crippen LogP contribution in [0.2, 0.25) is 10.0 Å². The van der Waals surface area contributed by atoms with E-state index in [1.54, 1.807) is 32.0 Å². The SMILES string of the molecule is CCOC(=O)[C@H](C)[C@H](c1ccc(Cl)c(NC(=O)[C@H](c2ccc(Cl)cc2)[C@@H](C)C(F)(F)F)c1)C1CC1. The molecule has 0 saturated heterocycles. The van der Waals surface area contributed by atoms with Gasteiger partial charge in [0.05, 0.1) is 35.1 Å². The normalized spacial score (nSPS) is 17.3. The van der Waals surface area contributed by atoms with E-state index in [2.05, 4.69) is 5.32 Å². The van der Waals surface area contributed by atoms with Crippen LogP contribution in [-0.2, 0) is 14.3 Å². The van der Waals surface area contributed by atoms with Crippen molar-refractivity contribution in [2.75, 3.05) is 11.9 Å². The summed E-state index contributed by atoms with van der Waals surface area (Å²) in [5.41, 5.74) is 1.17. The zero-order valence-electron chi connectivity index (χ0n) is 19.7. The van der Waals surface area contributed by atoms with Crippen LogP contribution in [0.4, 0.5) is 18.9 Å². The number of esters is 1. The molecule has 4 nitrogen and oxygen atoms in total. The average Bonchev–Trinajstić information content (AvgIpc) is 3.62. The van der Waals surface area contributed by atoms with Gasteiger partial charge >= 0.3 is 12.1 Å². The molecular weight excluding hydrogens is 502 g/mol. The van der Waals surface area contributed by atoms with E-state index in [0.717, 1.165) is 25.3 Å². The van der Waals surface area contributed by atoms with E-state index in [4.69, 9.17) is 27.9 Å². The second-order valence-corrected chi connectivity index (χ2v) is 9.84. The molecule has 0 aliphatic heterocycles. The van der Waals surface area contributed by atoms with Crippen molar-refractivity contribution < 1.29 is 27.5 Å². The highest BCUT2D eigenvalue weighted by Crippen LogP contribution is 2.48. The van der Waals surface area contributed by atoms with Crippen LogP contribution in [0, 0.1) is 17.8 Å². The van der Waals surface area contributed by atoms with Crippen molar-refractivity contribution >= 4 is 40.8 Å². The number of hydrogen-bond donors (Lipinski definition) is 1. The predicted molar refractivity (Wildman–Crippen MR) is 131 cm³/mol. The molecule has 1 amide bonds. The lowest BCUT2D eigenvalue weighted by molar-refractivity contribution is -0.178. The second-order valence-electron chi connectivity index (χ2n) is 8.99. The van der Waals surface area contributed by atoms with Gasteiger partial charge in [-0.25, -0.2) is 0 Å². The van der Waals surface area contributed by atoms with Crippen LogP contribution < -0.4 is 5.32 Å². The summed E-state index contributed by atoms with van der Waals surface area (Å²) in [7, 11) is 0. The maximum atomic E-state index is 13.7. The monoisotopic (exact) mass is 529 g/mol. The Kier molecular flexibility index (Phi) is 8.76. The molecule has 0 spiro atoms. The van der Waals surface area contributed by atoms with Crippen molar-refractivity contribution in [3.8, 4) is 0 Å². The summed E-state index contributed by atoms with van der Waals surface area (Å²) >= 11 is 12.2. The largest absolute Gasteiger partial charge is 0.466 e. The van der Waals surface area contributed by atoms with E-state index in [0.29, 0.717) is 5.02 Å². The molecule has 1 fully saturated rings. The van der Waals surface area contributed by atoms with Crippen molar-refractivity contribution in [1.82, 2.24) is 0 Å². The Labute approximate surface area is 213 Å². The third-order valence-corrected chi connectivity index (χ3v) is 7.07. The quantitative estimate of drug-likeness (QED) is 0.340. The Hall–Kier alpha value is -2.25. The first-order valence-corrected chi connectivity index (χ1v) is 12.3. The minimum atomic E-state index is -4.60. The third kappa shape index (κ3) is 6.70. The molecule has 9 heteroatoms. The van der Waals surface area contributed by atoms with E-state index in [-0.39, 0.29) is 40.7 Å². The minimum Gasteiger partial charge on any atom is -0.466 e. The molecule has 0 heterocycles. The van der Waals surface area contributed by atoms with E-state index in [9.17, 15) is 22.8 Å². The number of nitrogens with one attached hydrogen (secondary N) is 1. The van der Waals surface area contributed by atoms with Gasteiger partial charge in [-0.3, -0.25) is 9.59 Å². The molecular formula is C26H28Cl2F3NO3. The number of alkyl halides is 3. The fourth-order valence-corrected chi connectivity index (χ4v) is 4.72. The molecule has 190 valence electrons. The van der Waals surface area contributed by atoms with Crippen molar-refractivity contribution in [1.29, 1.82) is 0 Å². The average molecular weight is 530 g/mol. The van der Waals surface area contributed by atoms with Gasteiger partial charge in [0.1, 0.15) is 0 Å². The molecule has 0 aromatic heterocycles. The highest BCUT2D eigenvalue weighted by molar-refractivity contribution is 6.33. The summed E-state index contributed by atoms with van der Waals surface area (Å²) in [6.45, 7) is 4.79. The van der Waals surface area contributed by atoms with E-state index >= 15 is 0 Å². The first-order valence-electron chi connectivity index (χ1n) is 11.5. The summed E-state index contributed by atoms with van der Waals surface area (Å²) in [6.07, 6.45) is -2.68. The van der Waals surface area contributed by atoms with Crippen molar-refractivity contribution in [2.45, 2.75) is 51.6 Å². The maximum absolute atomic E-state index is 13.7. The fraction of sp³-hybridized carbons (Fsp3) is 0.462. The molecule has 1 saturated carbocycles. The Morgan fingerprint density at radius 3 is 2.20 bits per heavy atom. The number of hydrogen-bond acceptors (Lipinski definition) is 3. The number of carbonyl (C=O) groups excluding carboxylic acids is 2. The van der Waals surface area contributed by atoms with Gasteiger partial charge in [0.2, 0.25) is 5.91 Å². The van der Waals surface area contributed by atoms with Gasteiger partial charge in [0.15, 0.2) is 0 Å². The lowest BCUT2D eigenvalue weighted by Crippen LogP contribution is -2.34. The van der Waals surface area contributed by atoms with Crippen LogP contribution in [0.1, 0.15) is 56.6 Å². The third-order valence-electron chi connectivity index (χ3n) is 6.49. The highest BCUT2D eigenvalue weighted by atomic mass is 35.5. The van der Waals surface area contributed by atoms with Gasteiger partial charge in [0.25, 0.3) is 0 Å². The first-order chi connectivity index (χ1) is 16.4. The van der Waals surface area contributed by atoms with Crippen LogP contribution in [-0.4, -0.2) is 24.7 Å². The molecule has 1 aliphatic rings. The number of benzene rings is 2. The van der Waals surface area contributed by atoms with Crippen molar-refractivity contribution in [3.63, 3.8) is 0 Å². The summed E-state index contributed by atoms with van der Waals surface area (Å²) in [6, 6.07) is 10.7. The molecule has 2 aromatic rings. The first kappa shape index (κ1) is 27.3. The van der Waals surface area contributed by atoms with Crippen LogP contribution in [0.15, 0.2) is 42.5 Å².